The zero-order valence-electron chi connectivity index (χ0n) is 31.7. The van der Waals surface area contributed by atoms with E-state index in [1.165, 1.54) is 49.4 Å². The van der Waals surface area contributed by atoms with Crippen LogP contribution in [0, 0.1) is 0 Å². The largest absolute Gasteiger partial charge is 0.456 e. The molecular formula is C56H37NO. The second-order valence-electron chi connectivity index (χ2n) is 14.8. The third-order valence-corrected chi connectivity index (χ3v) is 11.5. The van der Waals surface area contributed by atoms with E-state index in [1.807, 2.05) is 12.1 Å². The quantitative estimate of drug-likeness (QED) is 0.151. The van der Waals surface area contributed by atoms with E-state index in [1.54, 1.807) is 0 Å². The molecule has 58 heavy (non-hydrogen) atoms. The molecule has 1 aromatic heterocycles. The first kappa shape index (κ1) is 33.6. The summed E-state index contributed by atoms with van der Waals surface area (Å²) in [6, 6.07) is 80.8. The van der Waals surface area contributed by atoms with E-state index in [-0.39, 0.29) is 0 Å². The van der Waals surface area contributed by atoms with Crippen LogP contribution < -0.4 is 4.90 Å². The SMILES string of the molecule is c1ccc(-c2ccc(-c3ccc(N(c4ccc5c(c4)oc4ccccc45)c4c(-c5ccccc5)c5ccccc5c5ccccc45)cc3-c3ccccc3)cc2)cc1. The molecule has 0 fully saturated rings. The Morgan fingerprint density at radius 1 is 0.276 bits per heavy atom. The van der Waals surface area contributed by atoms with Crippen LogP contribution in [-0.2, 0) is 0 Å². The van der Waals surface area contributed by atoms with Crippen molar-refractivity contribution in [3.8, 4) is 44.5 Å². The van der Waals surface area contributed by atoms with Crippen molar-refractivity contribution in [2.45, 2.75) is 0 Å². The second-order valence-corrected chi connectivity index (χ2v) is 14.8. The molecule has 11 aromatic rings. The third kappa shape index (κ3) is 5.74. The Kier molecular flexibility index (Phi) is 8.19. The number of fused-ring (bicyclic) bond motifs is 6. The monoisotopic (exact) mass is 739 g/mol. The van der Waals surface area contributed by atoms with Crippen LogP contribution >= 0.6 is 0 Å². The lowest BCUT2D eigenvalue weighted by molar-refractivity contribution is 0.669. The van der Waals surface area contributed by atoms with E-state index in [2.05, 4.69) is 217 Å². The smallest absolute Gasteiger partial charge is 0.137 e. The molecule has 0 atom stereocenters. The van der Waals surface area contributed by atoms with Crippen LogP contribution in [0.5, 0.6) is 0 Å². The van der Waals surface area contributed by atoms with Gasteiger partial charge in [0, 0.05) is 39.2 Å². The predicted molar refractivity (Wildman–Crippen MR) is 245 cm³/mol. The number of furan rings is 1. The van der Waals surface area contributed by atoms with Crippen molar-refractivity contribution in [3.05, 3.63) is 224 Å². The van der Waals surface area contributed by atoms with Gasteiger partial charge in [-0.1, -0.05) is 188 Å². The summed E-state index contributed by atoms with van der Waals surface area (Å²) >= 11 is 0. The summed E-state index contributed by atoms with van der Waals surface area (Å²) in [4.78, 5) is 2.46. The van der Waals surface area contributed by atoms with Crippen molar-refractivity contribution in [3.63, 3.8) is 0 Å². The van der Waals surface area contributed by atoms with Crippen molar-refractivity contribution in [1.29, 1.82) is 0 Å². The molecule has 0 saturated heterocycles. The van der Waals surface area contributed by atoms with Crippen LogP contribution in [0.1, 0.15) is 0 Å². The molecule has 272 valence electrons. The minimum absolute atomic E-state index is 0.855. The van der Waals surface area contributed by atoms with Gasteiger partial charge in [0.2, 0.25) is 0 Å². The maximum Gasteiger partial charge on any atom is 0.137 e. The van der Waals surface area contributed by atoms with Gasteiger partial charge in [0.15, 0.2) is 0 Å². The fourth-order valence-corrected chi connectivity index (χ4v) is 8.77. The van der Waals surface area contributed by atoms with E-state index in [0.717, 1.165) is 55.7 Å². The second kappa shape index (κ2) is 14.1. The van der Waals surface area contributed by atoms with Crippen LogP contribution in [0.4, 0.5) is 17.1 Å². The van der Waals surface area contributed by atoms with Crippen molar-refractivity contribution < 1.29 is 4.42 Å². The summed E-state index contributed by atoms with van der Waals surface area (Å²) in [5.41, 5.74) is 14.3. The van der Waals surface area contributed by atoms with Gasteiger partial charge < -0.3 is 9.32 Å². The molecule has 2 nitrogen and oxygen atoms in total. The molecule has 0 N–H and O–H groups in total. The fraction of sp³-hybridized carbons (Fsp3) is 0. The number of anilines is 3. The Morgan fingerprint density at radius 3 is 1.45 bits per heavy atom. The summed E-state index contributed by atoms with van der Waals surface area (Å²) in [5.74, 6) is 0. The fourth-order valence-electron chi connectivity index (χ4n) is 8.77. The highest BCUT2D eigenvalue weighted by atomic mass is 16.3. The van der Waals surface area contributed by atoms with Crippen molar-refractivity contribution >= 4 is 60.5 Å². The average Bonchev–Trinajstić information content (AvgIpc) is 3.68. The molecule has 0 spiro atoms. The summed E-state index contributed by atoms with van der Waals surface area (Å²) in [6.45, 7) is 0. The molecule has 0 aliphatic carbocycles. The van der Waals surface area contributed by atoms with E-state index in [0.29, 0.717) is 0 Å². The maximum absolute atomic E-state index is 6.57. The van der Waals surface area contributed by atoms with Gasteiger partial charge in [-0.2, -0.15) is 0 Å². The minimum atomic E-state index is 0.855. The van der Waals surface area contributed by atoms with E-state index in [4.69, 9.17) is 4.42 Å². The molecule has 0 saturated carbocycles. The summed E-state index contributed by atoms with van der Waals surface area (Å²) in [7, 11) is 0. The summed E-state index contributed by atoms with van der Waals surface area (Å²) in [6.07, 6.45) is 0. The first-order chi connectivity index (χ1) is 28.8. The molecule has 0 aliphatic heterocycles. The van der Waals surface area contributed by atoms with Gasteiger partial charge in [0.1, 0.15) is 11.2 Å². The Balaban J connectivity index is 1.21. The average molecular weight is 740 g/mol. The van der Waals surface area contributed by atoms with Crippen LogP contribution in [0.15, 0.2) is 229 Å². The normalized spacial score (nSPS) is 11.4. The first-order valence-corrected chi connectivity index (χ1v) is 19.8. The van der Waals surface area contributed by atoms with Crippen molar-refractivity contribution in [2.75, 3.05) is 4.90 Å². The summed E-state index contributed by atoms with van der Waals surface area (Å²) < 4.78 is 6.57. The number of benzene rings is 10. The van der Waals surface area contributed by atoms with E-state index < -0.39 is 0 Å². The predicted octanol–water partition coefficient (Wildman–Crippen LogP) is 16.0. The van der Waals surface area contributed by atoms with Crippen LogP contribution in [0.2, 0.25) is 0 Å². The van der Waals surface area contributed by atoms with Gasteiger partial charge >= 0.3 is 0 Å². The van der Waals surface area contributed by atoms with Crippen LogP contribution in [0.25, 0.3) is 88.0 Å². The number of para-hydroxylation sites is 1. The van der Waals surface area contributed by atoms with Gasteiger partial charge in [0.25, 0.3) is 0 Å². The van der Waals surface area contributed by atoms with Crippen molar-refractivity contribution in [2.24, 2.45) is 0 Å². The molecule has 0 amide bonds. The van der Waals surface area contributed by atoms with Crippen LogP contribution in [-0.4, -0.2) is 0 Å². The molecule has 11 rings (SSSR count). The standard InChI is InChI=1S/C56H37NO/c1-4-16-38(17-5-1)39-28-30-41(31-29-39)45-34-32-43(36-52(45)40-18-6-2-7-19-40)57(44-33-35-49-48-24-14-15-27-53(48)58-54(49)37-44)56-51-26-13-11-23-47(51)46-22-10-12-25-50(46)55(56)42-20-8-3-9-21-42/h1-37H. The van der Waals surface area contributed by atoms with Gasteiger partial charge in [-0.05, 0) is 85.4 Å². The molecule has 0 radical (unpaired) electrons. The highest BCUT2D eigenvalue weighted by Gasteiger charge is 2.25. The number of nitrogens with zero attached hydrogens (tertiary/aromatic N) is 1. The molecule has 0 bridgehead atoms. The minimum Gasteiger partial charge on any atom is -0.456 e. The highest BCUT2D eigenvalue weighted by Crippen LogP contribution is 2.51. The molecule has 0 unspecified atom stereocenters. The molecule has 2 heteroatoms. The highest BCUT2D eigenvalue weighted by molar-refractivity contribution is 6.22. The van der Waals surface area contributed by atoms with Gasteiger partial charge in [-0.3, -0.25) is 0 Å². The molecular weight excluding hydrogens is 703 g/mol. The van der Waals surface area contributed by atoms with Crippen LogP contribution in [0.3, 0.4) is 0 Å². The lowest BCUT2D eigenvalue weighted by atomic mass is 9.89. The number of rotatable bonds is 7. The Hall–Kier alpha value is -7.68. The zero-order chi connectivity index (χ0) is 38.4. The molecule has 1 heterocycles. The molecule has 0 aliphatic rings. The lowest BCUT2D eigenvalue weighted by Crippen LogP contribution is -2.12. The molecule has 10 aromatic carbocycles. The topological polar surface area (TPSA) is 16.4 Å². The zero-order valence-corrected chi connectivity index (χ0v) is 31.7. The Bertz CT molecular complexity index is 3260. The van der Waals surface area contributed by atoms with Gasteiger partial charge in [-0.15, -0.1) is 0 Å². The summed E-state index contributed by atoms with van der Waals surface area (Å²) in [5, 5.41) is 7.03. The van der Waals surface area contributed by atoms with Crippen molar-refractivity contribution in [1.82, 2.24) is 0 Å². The van der Waals surface area contributed by atoms with E-state index in [9.17, 15) is 0 Å². The lowest BCUT2D eigenvalue weighted by Gasteiger charge is -2.31. The van der Waals surface area contributed by atoms with Gasteiger partial charge in [-0.25, -0.2) is 0 Å². The maximum atomic E-state index is 6.57. The Morgan fingerprint density at radius 2 is 0.741 bits per heavy atom. The first-order valence-electron chi connectivity index (χ1n) is 19.8. The van der Waals surface area contributed by atoms with E-state index >= 15 is 0 Å². The third-order valence-electron chi connectivity index (χ3n) is 11.5. The Labute approximate surface area is 337 Å². The number of hydrogen-bond acceptors (Lipinski definition) is 2. The van der Waals surface area contributed by atoms with Gasteiger partial charge in [0.05, 0.1) is 5.69 Å². The number of hydrogen-bond donors (Lipinski definition) is 0.